The summed E-state index contributed by atoms with van der Waals surface area (Å²) in [6.07, 6.45) is -7.61. The zero-order chi connectivity index (χ0) is 22.6. The number of hydrogen-bond acceptors (Lipinski definition) is 10. The largest absolute Gasteiger partial charge is 0.743 e. The van der Waals surface area contributed by atoms with Gasteiger partial charge in [0.25, 0.3) is 0 Å². The molecule has 3 heterocycles. The van der Waals surface area contributed by atoms with Gasteiger partial charge in [0.05, 0.1) is 24.2 Å². The minimum atomic E-state index is -6.20. The summed E-state index contributed by atoms with van der Waals surface area (Å²) in [4.78, 5) is 23.8. The molecular formula is C16H20F3O10S-. The van der Waals surface area contributed by atoms with Gasteiger partial charge in [-0.1, -0.05) is 0 Å². The standard InChI is InChI=1S/C16H21F3O10S/c1-15(2,22)9-8-10-13(29-14(8)21)12(11(9)28-10)27-5-7(20)26-4-3-6(17)16(18,19)30(23,24)25/h6,8-13,22H,3-5H2,1-2H3,(H,23,24,25)/p-1. The highest BCUT2D eigenvalue weighted by Crippen LogP contribution is 2.54. The van der Waals surface area contributed by atoms with Crippen LogP contribution < -0.4 is 0 Å². The molecule has 7 atom stereocenters. The van der Waals surface area contributed by atoms with Crippen LogP contribution in [0, 0.1) is 11.8 Å². The van der Waals surface area contributed by atoms with E-state index in [1.54, 1.807) is 0 Å². The molecule has 0 aromatic carbocycles. The van der Waals surface area contributed by atoms with E-state index < -0.39 is 95.0 Å². The molecule has 3 fully saturated rings. The molecule has 0 radical (unpaired) electrons. The molecule has 30 heavy (non-hydrogen) atoms. The Kier molecular flexibility index (Phi) is 5.86. The molecule has 0 aromatic rings. The summed E-state index contributed by atoms with van der Waals surface area (Å²) in [6, 6.07) is 0. The highest BCUT2D eigenvalue weighted by atomic mass is 32.2. The molecule has 10 nitrogen and oxygen atoms in total. The minimum absolute atomic E-state index is 0.545. The van der Waals surface area contributed by atoms with Gasteiger partial charge in [-0.2, -0.15) is 8.78 Å². The maximum atomic E-state index is 13.3. The molecule has 0 saturated carbocycles. The van der Waals surface area contributed by atoms with Gasteiger partial charge < -0.3 is 28.6 Å². The molecule has 7 unspecified atom stereocenters. The first kappa shape index (κ1) is 23.2. The van der Waals surface area contributed by atoms with Crippen molar-refractivity contribution in [3.63, 3.8) is 0 Å². The second kappa shape index (κ2) is 7.58. The number of aliphatic hydroxyl groups is 1. The molecule has 172 valence electrons. The number of ether oxygens (including phenoxy) is 4. The lowest BCUT2D eigenvalue weighted by Gasteiger charge is -2.35. The number of halogens is 3. The monoisotopic (exact) mass is 461 g/mol. The number of alkyl halides is 3. The molecule has 3 saturated heterocycles. The Hall–Kier alpha value is -1.48. The van der Waals surface area contributed by atoms with Crippen LogP contribution in [0.3, 0.4) is 0 Å². The van der Waals surface area contributed by atoms with Crippen LogP contribution in [0.15, 0.2) is 0 Å². The predicted octanol–water partition coefficient (Wildman–Crippen LogP) is -0.509. The maximum absolute atomic E-state index is 13.3. The van der Waals surface area contributed by atoms with Gasteiger partial charge in [0.2, 0.25) is 0 Å². The van der Waals surface area contributed by atoms with E-state index in [4.69, 9.17) is 14.2 Å². The Morgan fingerprint density at radius 3 is 2.50 bits per heavy atom. The van der Waals surface area contributed by atoms with Crippen molar-refractivity contribution in [1.82, 2.24) is 0 Å². The van der Waals surface area contributed by atoms with Crippen molar-refractivity contribution in [1.29, 1.82) is 0 Å². The SMILES string of the molecule is CC(C)(O)C1C2OC3C(OC(=O)C31)C2OCC(=O)OCCC(F)C(F)(F)S(=O)(=O)[O-]. The van der Waals surface area contributed by atoms with Gasteiger partial charge in [0, 0.05) is 12.3 Å². The average Bonchev–Trinajstić information content (AvgIpc) is 3.20. The van der Waals surface area contributed by atoms with Gasteiger partial charge >= 0.3 is 17.2 Å². The third-order valence-electron chi connectivity index (χ3n) is 5.45. The predicted molar refractivity (Wildman–Crippen MR) is 86.7 cm³/mol. The molecule has 3 aliphatic heterocycles. The molecule has 0 spiro atoms. The molecule has 0 aromatic heterocycles. The third-order valence-corrected chi connectivity index (χ3v) is 6.37. The summed E-state index contributed by atoms with van der Waals surface area (Å²) in [6.45, 7) is 1.36. The average molecular weight is 461 g/mol. The van der Waals surface area contributed by atoms with Gasteiger partial charge in [0.15, 0.2) is 22.4 Å². The first-order chi connectivity index (χ1) is 13.7. The molecular weight excluding hydrogens is 441 g/mol. The van der Waals surface area contributed by atoms with Crippen LogP contribution in [0.5, 0.6) is 0 Å². The van der Waals surface area contributed by atoms with E-state index in [0.717, 1.165) is 0 Å². The van der Waals surface area contributed by atoms with Crippen molar-refractivity contribution < 1.29 is 59.8 Å². The van der Waals surface area contributed by atoms with E-state index in [1.807, 2.05) is 0 Å². The minimum Gasteiger partial charge on any atom is -0.743 e. The van der Waals surface area contributed by atoms with Gasteiger partial charge in [-0.05, 0) is 13.8 Å². The molecule has 0 aliphatic carbocycles. The molecule has 1 N–H and O–H groups in total. The molecule has 3 aliphatic rings. The van der Waals surface area contributed by atoms with Gasteiger partial charge in [-0.25, -0.2) is 17.6 Å². The second-order valence-corrected chi connectivity index (χ2v) is 9.39. The summed E-state index contributed by atoms with van der Waals surface area (Å²) in [5, 5.41) is 5.22. The number of rotatable bonds is 9. The van der Waals surface area contributed by atoms with Crippen molar-refractivity contribution >= 4 is 22.1 Å². The molecule has 2 bridgehead atoms. The lowest BCUT2D eigenvalue weighted by molar-refractivity contribution is -0.157. The smallest absolute Gasteiger partial charge is 0.364 e. The summed E-state index contributed by atoms with van der Waals surface area (Å²) in [5.41, 5.74) is -1.30. The fraction of sp³-hybridized carbons (Fsp3) is 0.875. The first-order valence-corrected chi connectivity index (χ1v) is 10.4. The lowest BCUT2D eigenvalue weighted by Crippen LogP contribution is -2.51. The van der Waals surface area contributed by atoms with Gasteiger partial charge in [-0.3, -0.25) is 4.79 Å². The highest BCUT2D eigenvalue weighted by Gasteiger charge is 2.71. The second-order valence-electron chi connectivity index (χ2n) is 7.94. The third kappa shape index (κ3) is 3.90. The van der Waals surface area contributed by atoms with Crippen molar-refractivity contribution in [2.75, 3.05) is 13.2 Å². The van der Waals surface area contributed by atoms with E-state index in [-0.39, 0.29) is 0 Å². The van der Waals surface area contributed by atoms with E-state index in [1.165, 1.54) is 13.8 Å². The molecule has 0 amide bonds. The quantitative estimate of drug-likeness (QED) is 0.351. The van der Waals surface area contributed by atoms with Crippen LogP contribution in [0.1, 0.15) is 20.3 Å². The molecule has 3 rings (SSSR count). The Morgan fingerprint density at radius 1 is 1.30 bits per heavy atom. The van der Waals surface area contributed by atoms with Crippen molar-refractivity contribution in [3.8, 4) is 0 Å². The number of carbonyl (C=O) groups excluding carboxylic acids is 2. The topological polar surface area (TPSA) is 148 Å². The van der Waals surface area contributed by atoms with Crippen LogP contribution in [0.4, 0.5) is 13.2 Å². The van der Waals surface area contributed by atoms with E-state index in [2.05, 4.69) is 4.74 Å². The zero-order valence-corrected chi connectivity index (χ0v) is 16.6. The van der Waals surface area contributed by atoms with Crippen molar-refractivity contribution in [2.24, 2.45) is 11.8 Å². The van der Waals surface area contributed by atoms with Gasteiger partial charge in [0.1, 0.15) is 18.8 Å². The lowest BCUT2D eigenvalue weighted by atomic mass is 9.71. The van der Waals surface area contributed by atoms with Gasteiger partial charge in [-0.15, -0.1) is 0 Å². The zero-order valence-electron chi connectivity index (χ0n) is 15.8. The Bertz CT molecular complexity index is 811. The summed E-state index contributed by atoms with van der Waals surface area (Å²) >= 11 is 0. The summed E-state index contributed by atoms with van der Waals surface area (Å²) < 4.78 is 91.2. The van der Waals surface area contributed by atoms with Crippen LogP contribution in [-0.4, -0.2) is 84.7 Å². The Labute approximate surface area is 169 Å². The number of esters is 2. The first-order valence-electron chi connectivity index (χ1n) is 8.99. The normalized spacial score (nSPS) is 34.2. The number of hydrogen-bond donors (Lipinski definition) is 1. The highest BCUT2D eigenvalue weighted by molar-refractivity contribution is 7.86. The van der Waals surface area contributed by atoms with Crippen molar-refractivity contribution in [3.05, 3.63) is 0 Å². The van der Waals surface area contributed by atoms with Crippen LogP contribution in [0.25, 0.3) is 0 Å². The summed E-state index contributed by atoms with van der Waals surface area (Å²) in [7, 11) is -6.20. The number of carbonyl (C=O) groups is 2. The fourth-order valence-corrected chi connectivity index (χ4v) is 4.59. The van der Waals surface area contributed by atoms with Crippen LogP contribution in [-0.2, 0) is 38.7 Å². The van der Waals surface area contributed by atoms with Crippen molar-refractivity contribution in [2.45, 2.75) is 61.7 Å². The van der Waals surface area contributed by atoms with Crippen LogP contribution in [0.2, 0.25) is 0 Å². The van der Waals surface area contributed by atoms with E-state index >= 15 is 0 Å². The maximum Gasteiger partial charge on any atom is 0.364 e. The number of fused-ring (bicyclic) bond motifs is 1. The Morgan fingerprint density at radius 2 is 1.93 bits per heavy atom. The summed E-state index contributed by atoms with van der Waals surface area (Å²) in [5.74, 6) is -2.93. The van der Waals surface area contributed by atoms with E-state index in [0.29, 0.717) is 0 Å². The van der Waals surface area contributed by atoms with Crippen LogP contribution >= 0.6 is 0 Å². The Balaban J connectivity index is 1.51. The fourth-order valence-electron chi connectivity index (χ4n) is 4.16. The van der Waals surface area contributed by atoms with E-state index in [9.17, 15) is 40.8 Å². The molecule has 14 heteroatoms.